The molecule has 0 aliphatic carbocycles. The second kappa shape index (κ2) is 8.07. The van der Waals surface area contributed by atoms with Crippen LogP contribution in [0, 0.1) is 0 Å². The maximum Gasteiger partial charge on any atom is 0.320 e. The van der Waals surface area contributed by atoms with Gasteiger partial charge in [0.1, 0.15) is 17.5 Å². The van der Waals surface area contributed by atoms with E-state index in [4.69, 9.17) is 15.6 Å². The van der Waals surface area contributed by atoms with Crippen LogP contribution >= 0.6 is 11.3 Å². The molecule has 0 bridgehead atoms. The molecule has 1 aromatic heterocycles. The number of carbonyl (C=O) groups is 1. The van der Waals surface area contributed by atoms with E-state index in [9.17, 15) is 14.7 Å². The molecular formula is C19H18N2O5S. The highest BCUT2D eigenvalue weighted by Gasteiger charge is 2.12. The van der Waals surface area contributed by atoms with E-state index in [2.05, 4.69) is 4.98 Å². The van der Waals surface area contributed by atoms with Gasteiger partial charge in [-0.2, -0.15) is 0 Å². The van der Waals surface area contributed by atoms with E-state index in [0.29, 0.717) is 22.8 Å². The van der Waals surface area contributed by atoms with E-state index in [-0.39, 0.29) is 17.2 Å². The summed E-state index contributed by atoms with van der Waals surface area (Å²) in [5, 5.41) is 18.5. The summed E-state index contributed by atoms with van der Waals surface area (Å²) in [5.41, 5.74) is 7.28. The van der Waals surface area contributed by atoms with E-state index in [0.717, 1.165) is 22.5 Å². The highest BCUT2D eigenvalue weighted by Crippen LogP contribution is 2.25. The summed E-state index contributed by atoms with van der Waals surface area (Å²) in [7, 11) is 0. The van der Waals surface area contributed by atoms with Gasteiger partial charge in [0.25, 0.3) is 0 Å². The molecule has 0 amide bonds. The fourth-order valence-corrected chi connectivity index (χ4v) is 3.26. The van der Waals surface area contributed by atoms with Gasteiger partial charge in [-0.1, -0.05) is 35.6 Å². The molecule has 3 rings (SSSR count). The number of hydrogen-bond acceptors (Lipinski definition) is 6. The zero-order valence-corrected chi connectivity index (χ0v) is 15.0. The van der Waals surface area contributed by atoms with Gasteiger partial charge in [0, 0.05) is 6.42 Å². The number of aromatic nitrogens is 1. The molecule has 5 N–H and O–H groups in total. The number of carboxylic acid groups (broad SMARTS) is 1. The quantitative estimate of drug-likeness (QED) is 0.494. The first kappa shape index (κ1) is 18.7. The lowest BCUT2D eigenvalue weighted by molar-refractivity contribution is -0.138. The molecule has 8 heteroatoms. The number of nitrogens with one attached hydrogen (secondary N) is 1. The second-order valence-electron chi connectivity index (χ2n) is 6.00. The predicted molar refractivity (Wildman–Crippen MR) is 102 cm³/mol. The smallest absolute Gasteiger partial charge is 0.320 e. The molecule has 0 spiro atoms. The topological polar surface area (TPSA) is 126 Å². The number of aliphatic carboxylic acids is 1. The Kier molecular flexibility index (Phi) is 5.58. The molecule has 27 heavy (non-hydrogen) atoms. The normalized spacial score (nSPS) is 11.9. The number of hydrogen-bond donors (Lipinski definition) is 4. The summed E-state index contributed by atoms with van der Waals surface area (Å²) >= 11 is 0.985. The lowest BCUT2D eigenvalue weighted by Crippen LogP contribution is -2.32. The third-order valence-electron chi connectivity index (χ3n) is 3.92. The minimum absolute atomic E-state index is 0.0898. The highest BCUT2D eigenvalue weighted by atomic mass is 32.1. The van der Waals surface area contributed by atoms with Crippen molar-refractivity contribution in [3.63, 3.8) is 0 Å². The van der Waals surface area contributed by atoms with Crippen molar-refractivity contribution in [1.29, 1.82) is 0 Å². The third kappa shape index (κ3) is 4.96. The maximum atomic E-state index is 11.2. The maximum absolute atomic E-state index is 11.2. The van der Waals surface area contributed by atoms with Crippen molar-refractivity contribution in [2.45, 2.75) is 18.9 Å². The molecule has 1 atom stereocenters. The first-order valence-electron chi connectivity index (χ1n) is 8.16. The van der Waals surface area contributed by atoms with Gasteiger partial charge >= 0.3 is 10.8 Å². The van der Waals surface area contributed by atoms with Crippen molar-refractivity contribution < 1.29 is 19.7 Å². The number of thiazole rings is 1. The van der Waals surface area contributed by atoms with Crippen LogP contribution < -0.4 is 15.3 Å². The first-order chi connectivity index (χ1) is 12.9. The highest BCUT2D eigenvalue weighted by molar-refractivity contribution is 7.09. The lowest BCUT2D eigenvalue weighted by atomic mass is 10.1. The number of carboxylic acids is 1. The molecule has 0 saturated carbocycles. The fourth-order valence-electron chi connectivity index (χ4n) is 2.50. The molecular weight excluding hydrogens is 368 g/mol. The Morgan fingerprint density at radius 3 is 2.11 bits per heavy atom. The summed E-state index contributed by atoms with van der Waals surface area (Å²) in [6.07, 6.45) is 0.705. The van der Waals surface area contributed by atoms with Crippen molar-refractivity contribution in [2.75, 3.05) is 0 Å². The Bertz CT molecular complexity index is 977. The largest absolute Gasteiger partial charge is 0.494 e. The number of aromatic amines is 1. The average molecular weight is 386 g/mol. The number of H-pyrrole nitrogens is 1. The summed E-state index contributed by atoms with van der Waals surface area (Å²) in [4.78, 5) is 24.7. The first-order valence-corrected chi connectivity index (χ1v) is 8.97. The van der Waals surface area contributed by atoms with Gasteiger partial charge in [-0.15, -0.1) is 0 Å². The van der Waals surface area contributed by atoms with Crippen LogP contribution in [0.25, 0.3) is 0 Å². The number of rotatable bonds is 7. The van der Waals surface area contributed by atoms with Gasteiger partial charge in [-0.3, -0.25) is 14.6 Å². The molecule has 0 aliphatic rings. The Morgan fingerprint density at radius 2 is 1.63 bits per heavy atom. The summed E-state index contributed by atoms with van der Waals surface area (Å²) < 4.78 is 5.77. The van der Waals surface area contributed by atoms with Crippen LogP contribution in [0.1, 0.15) is 16.0 Å². The van der Waals surface area contributed by atoms with E-state index in [1.165, 1.54) is 0 Å². The molecule has 1 unspecified atom stereocenters. The minimum atomic E-state index is -1.03. The number of nitrogens with two attached hydrogens (primary N) is 1. The Labute approximate surface area is 158 Å². The standard InChI is InChI=1S/C19H18N2O5S/c20-15(18(23)24)9-11-1-5-13(6-2-11)26-14-7-3-12(4-8-14)10-16-17(22)21-19(25)27-16/h1-8,15,22H,9-10,20H2,(H,21,25)(H,23,24). The SMILES string of the molecule is NC(Cc1ccc(Oc2ccc(Cc3sc(=O)[nH]c3O)cc2)cc1)C(=O)O. The number of aromatic hydroxyl groups is 1. The van der Waals surface area contributed by atoms with Gasteiger partial charge in [0.2, 0.25) is 5.88 Å². The van der Waals surface area contributed by atoms with Crippen molar-refractivity contribution >= 4 is 17.3 Å². The van der Waals surface area contributed by atoms with Gasteiger partial charge < -0.3 is 20.7 Å². The molecule has 7 nitrogen and oxygen atoms in total. The molecule has 1 heterocycles. The molecule has 0 fully saturated rings. The summed E-state index contributed by atoms with van der Waals surface area (Å²) in [6.45, 7) is 0. The molecule has 140 valence electrons. The van der Waals surface area contributed by atoms with Gasteiger partial charge in [-0.05, 0) is 41.8 Å². The molecule has 0 saturated heterocycles. The second-order valence-corrected chi connectivity index (χ2v) is 7.07. The van der Waals surface area contributed by atoms with Crippen molar-refractivity contribution in [3.05, 3.63) is 74.2 Å². The van der Waals surface area contributed by atoms with Crippen LogP contribution in [-0.4, -0.2) is 27.2 Å². The lowest BCUT2D eigenvalue weighted by Gasteiger charge is -2.09. The molecule has 3 aromatic rings. The van der Waals surface area contributed by atoms with E-state index in [1.54, 1.807) is 36.4 Å². The van der Waals surface area contributed by atoms with Crippen LogP contribution in [0.3, 0.4) is 0 Å². The van der Waals surface area contributed by atoms with E-state index < -0.39 is 12.0 Å². The monoisotopic (exact) mass is 386 g/mol. The molecule has 2 aromatic carbocycles. The van der Waals surface area contributed by atoms with Crippen LogP contribution in [0.4, 0.5) is 0 Å². The van der Waals surface area contributed by atoms with Crippen LogP contribution in [-0.2, 0) is 17.6 Å². The minimum Gasteiger partial charge on any atom is -0.494 e. The summed E-state index contributed by atoms with van der Waals surface area (Å²) in [6, 6.07) is 13.5. The fraction of sp³-hybridized carbons (Fsp3) is 0.158. The van der Waals surface area contributed by atoms with Gasteiger partial charge in [-0.25, -0.2) is 0 Å². The summed E-state index contributed by atoms with van der Waals surface area (Å²) in [5.74, 6) is 0.140. The molecule has 0 aliphatic heterocycles. The van der Waals surface area contributed by atoms with E-state index in [1.807, 2.05) is 12.1 Å². The third-order valence-corrected chi connectivity index (χ3v) is 4.79. The van der Waals surface area contributed by atoms with Gasteiger partial charge in [0.05, 0.1) is 4.88 Å². The zero-order chi connectivity index (χ0) is 19.4. The Morgan fingerprint density at radius 1 is 1.07 bits per heavy atom. The molecule has 0 radical (unpaired) electrons. The van der Waals surface area contributed by atoms with Crippen LogP contribution in [0.5, 0.6) is 17.4 Å². The van der Waals surface area contributed by atoms with Crippen LogP contribution in [0.2, 0.25) is 0 Å². The Balaban J connectivity index is 1.62. The van der Waals surface area contributed by atoms with Crippen molar-refractivity contribution in [2.24, 2.45) is 5.73 Å². The van der Waals surface area contributed by atoms with Crippen LogP contribution in [0.15, 0.2) is 53.3 Å². The van der Waals surface area contributed by atoms with Crippen molar-refractivity contribution in [3.8, 4) is 17.4 Å². The van der Waals surface area contributed by atoms with E-state index >= 15 is 0 Å². The van der Waals surface area contributed by atoms with Gasteiger partial charge in [0.15, 0.2) is 0 Å². The predicted octanol–water partition coefficient (Wildman–Crippen LogP) is 2.48. The zero-order valence-electron chi connectivity index (χ0n) is 14.2. The Hall–Kier alpha value is -3.10. The number of benzene rings is 2. The van der Waals surface area contributed by atoms with Crippen molar-refractivity contribution in [1.82, 2.24) is 4.98 Å². The number of ether oxygens (including phenoxy) is 1. The average Bonchev–Trinajstić information content (AvgIpc) is 2.95.